The van der Waals surface area contributed by atoms with Crippen molar-refractivity contribution in [1.29, 1.82) is 0 Å². The summed E-state index contributed by atoms with van der Waals surface area (Å²) in [6.07, 6.45) is 0. The molecule has 0 saturated carbocycles. The monoisotopic (exact) mass is 561 g/mol. The third-order valence-electron chi connectivity index (χ3n) is 8.80. The predicted molar refractivity (Wildman–Crippen MR) is 185 cm³/mol. The first-order valence-corrected chi connectivity index (χ1v) is 15.0. The molecule has 0 atom stereocenters. The van der Waals surface area contributed by atoms with Crippen LogP contribution in [0.1, 0.15) is 0 Å². The van der Waals surface area contributed by atoms with Gasteiger partial charge in [-0.2, -0.15) is 0 Å². The van der Waals surface area contributed by atoms with E-state index >= 15 is 0 Å². The third kappa shape index (κ3) is 4.04. The van der Waals surface area contributed by atoms with E-state index in [9.17, 15) is 0 Å². The van der Waals surface area contributed by atoms with Crippen molar-refractivity contribution in [1.82, 2.24) is 4.98 Å². The molecule has 0 bridgehead atoms. The van der Waals surface area contributed by atoms with Gasteiger partial charge in [-0.1, -0.05) is 109 Å². The smallest absolute Gasteiger partial charge is 0.135 e. The van der Waals surface area contributed by atoms with Crippen molar-refractivity contribution in [2.24, 2.45) is 0 Å². The number of benzene rings is 7. The third-order valence-corrected chi connectivity index (χ3v) is 8.80. The summed E-state index contributed by atoms with van der Waals surface area (Å²) in [6.45, 7) is 0. The summed E-state index contributed by atoms with van der Waals surface area (Å²) in [6, 6.07) is 56.4. The highest BCUT2D eigenvalue weighted by Crippen LogP contribution is 2.39. The minimum absolute atomic E-state index is 0.917. The van der Waals surface area contributed by atoms with E-state index in [1.54, 1.807) is 0 Å². The van der Waals surface area contributed by atoms with Gasteiger partial charge in [0, 0.05) is 32.6 Å². The second-order valence-corrected chi connectivity index (χ2v) is 11.5. The van der Waals surface area contributed by atoms with Crippen LogP contribution in [0.25, 0.3) is 88.3 Å². The van der Waals surface area contributed by atoms with Crippen LogP contribution in [0.4, 0.5) is 0 Å². The average Bonchev–Trinajstić information content (AvgIpc) is 3.66. The Bertz CT molecular complexity index is 2500. The fourth-order valence-electron chi connectivity index (χ4n) is 6.63. The van der Waals surface area contributed by atoms with Crippen LogP contribution in [0.3, 0.4) is 0 Å². The van der Waals surface area contributed by atoms with Crippen LogP contribution in [0, 0.1) is 0 Å². The fourth-order valence-corrected chi connectivity index (χ4v) is 6.63. The maximum absolute atomic E-state index is 6.08. The molecule has 2 heterocycles. The first-order valence-electron chi connectivity index (χ1n) is 15.0. The molecular formula is C42H27NO. The topological polar surface area (TPSA) is 28.9 Å². The van der Waals surface area contributed by atoms with Gasteiger partial charge in [-0.05, 0) is 87.5 Å². The molecular weight excluding hydrogens is 534 g/mol. The van der Waals surface area contributed by atoms with Crippen LogP contribution in [-0.4, -0.2) is 4.98 Å². The van der Waals surface area contributed by atoms with Crippen LogP contribution < -0.4 is 0 Å². The summed E-state index contributed by atoms with van der Waals surface area (Å²) >= 11 is 0. The van der Waals surface area contributed by atoms with Gasteiger partial charge in [0.2, 0.25) is 0 Å². The highest BCUT2D eigenvalue weighted by molar-refractivity contribution is 6.13. The molecule has 0 amide bonds. The Hall–Kier alpha value is -5.86. The normalized spacial score (nSPS) is 11.6. The minimum Gasteiger partial charge on any atom is -0.456 e. The predicted octanol–water partition coefficient (Wildman–Crippen LogP) is 11.9. The van der Waals surface area contributed by atoms with E-state index in [1.165, 1.54) is 55.3 Å². The SMILES string of the molecule is c1ccc(-c2cc(-c3cccc(-c4cccc(-c5ccc6oc7ccccc7c6c5)c4)c3)c3[nH]c4ccccc4c3c2)cc1. The molecule has 44 heavy (non-hydrogen) atoms. The number of rotatable bonds is 4. The molecule has 0 aliphatic carbocycles. The summed E-state index contributed by atoms with van der Waals surface area (Å²) in [4.78, 5) is 3.73. The molecule has 0 aliphatic rings. The van der Waals surface area contributed by atoms with Crippen molar-refractivity contribution in [3.63, 3.8) is 0 Å². The van der Waals surface area contributed by atoms with Crippen molar-refractivity contribution in [2.75, 3.05) is 0 Å². The van der Waals surface area contributed by atoms with Gasteiger partial charge in [-0.3, -0.25) is 0 Å². The quantitative estimate of drug-likeness (QED) is 0.227. The van der Waals surface area contributed by atoms with Crippen LogP contribution in [0.5, 0.6) is 0 Å². The van der Waals surface area contributed by atoms with Crippen LogP contribution >= 0.6 is 0 Å². The van der Waals surface area contributed by atoms with E-state index in [0.717, 1.165) is 33.0 Å². The molecule has 0 radical (unpaired) electrons. The maximum atomic E-state index is 6.08. The molecule has 0 saturated heterocycles. The lowest BCUT2D eigenvalue weighted by molar-refractivity contribution is 0.669. The molecule has 9 rings (SSSR count). The summed E-state index contributed by atoms with van der Waals surface area (Å²) in [5.74, 6) is 0. The second-order valence-electron chi connectivity index (χ2n) is 11.5. The molecule has 2 nitrogen and oxygen atoms in total. The highest BCUT2D eigenvalue weighted by Gasteiger charge is 2.14. The summed E-state index contributed by atoms with van der Waals surface area (Å²) in [5, 5.41) is 4.78. The van der Waals surface area contributed by atoms with Gasteiger partial charge >= 0.3 is 0 Å². The number of para-hydroxylation sites is 2. The Kier molecular flexibility index (Phi) is 5.54. The molecule has 0 spiro atoms. The number of fused-ring (bicyclic) bond motifs is 6. The molecule has 0 aliphatic heterocycles. The zero-order valence-corrected chi connectivity index (χ0v) is 23.9. The lowest BCUT2D eigenvalue weighted by Crippen LogP contribution is -1.87. The van der Waals surface area contributed by atoms with Gasteiger partial charge in [0.25, 0.3) is 0 Å². The van der Waals surface area contributed by atoms with Crippen molar-refractivity contribution < 1.29 is 4.42 Å². The molecule has 7 aromatic carbocycles. The summed E-state index contributed by atoms with van der Waals surface area (Å²) in [7, 11) is 0. The number of H-pyrrole nitrogens is 1. The molecule has 9 aromatic rings. The Balaban J connectivity index is 1.18. The first-order chi connectivity index (χ1) is 21.8. The first kappa shape index (κ1) is 24.7. The average molecular weight is 562 g/mol. The zero-order chi connectivity index (χ0) is 29.0. The lowest BCUT2D eigenvalue weighted by atomic mass is 9.93. The fraction of sp³-hybridized carbons (Fsp3) is 0. The van der Waals surface area contributed by atoms with E-state index in [1.807, 2.05) is 12.1 Å². The lowest BCUT2D eigenvalue weighted by Gasteiger charge is -2.11. The summed E-state index contributed by atoms with van der Waals surface area (Å²) in [5.41, 5.74) is 13.7. The largest absolute Gasteiger partial charge is 0.456 e. The van der Waals surface area contributed by atoms with Crippen LogP contribution in [-0.2, 0) is 0 Å². The number of hydrogen-bond donors (Lipinski definition) is 1. The summed E-state index contributed by atoms with van der Waals surface area (Å²) < 4.78 is 6.08. The number of aromatic amines is 1. The maximum Gasteiger partial charge on any atom is 0.135 e. The van der Waals surface area contributed by atoms with E-state index in [0.29, 0.717) is 0 Å². The number of hydrogen-bond acceptors (Lipinski definition) is 1. The number of aromatic nitrogens is 1. The molecule has 2 heteroatoms. The molecule has 1 N–H and O–H groups in total. The Morgan fingerprint density at radius 2 is 0.932 bits per heavy atom. The van der Waals surface area contributed by atoms with Crippen molar-refractivity contribution in [3.05, 3.63) is 158 Å². The Labute approximate surface area is 254 Å². The van der Waals surface area contributed by atoms with Gasteiger partial charge in [-0.15, -0.1) is 0 Å². The molecule has 2 aromatic heterocycles. The van der Waals surface area contributed by atoms with Crippen LogP contribution in [0.15, 0.2) is 162 Å². The van der Waals surface area contributed by atoms with E-state index in [2.05, 4.69) is 151 Å². The highest BCUT2D eigenvalue weighted by atomic mass is 16.3. The van der Waals surface area contributed by atoms with Gasteiger partial charge in [0.1, 0.15) is 11.2 Å². The van der Waals surface area contributed by atoms with Gasteiger partial charge in [-0.25, -0.2) is 0 Å². The van der Waals surface area contributed by atoms with E-state index in [4.69, 9.17) is 4.42 Å². The molecule has 206 valence electrons. The number of nitrogens with one attached hydrogen (secondary N) is 1. The van der Waals surface area contributed by atoms with Gasteiger partial charge in [0.15, 0.2) is 0 Å². The van der Waals surface area contributed by atoms with Crippen molar-refractivity contribution in [2.45, 2.75) is 0 Å². The van der Waals surface area contributed by atoms with Crippen molar-refractivity contribution >= 4 is 43.7 Å². The minimum atomic E-state index is 0.917. The van der Waals surface area contributed by atoms with E-state index in [-0.39, 0.29) is 0 Å². The Morgan fingerprint density at radius 3 is 1.75 bits per heavy atom. The number of furan rings is 1. The Morgan fingerprint density at radius 1 is 0.341 bits per heavy atom. The zero-order valence-electron chi connectivity index (χ0n) is 23.9. The van der Waals surface area contributed by atoms with Crippen LogP contribution in [0.2, 0.25) is 0 Å². The van der Waals surface area contributed by atoms with Crippen molar-refractivity contribution in [3.8, 4) is 44.5 Å². The molecule has 0 fully saturated rings. The second kappa shape index (κ2) is 9.86. The molecule has 0 unspecified atom stereocenters. The van der Waals surface area contributed by atoms with E-state index < -0.39 is 0 Å². The standard InChI is InChI=1S/C42H27NO/c1-2-10-27(11-3-1)33-25-36(42-38(26-33)34-16-4-6-18-39(34)43-42)32-15-9-14-30(23-32)28-12-8-13-29(22-28)31-20-21-41-37(24-31)35-17-5-7-19-40(35)44-41/h1-26,43H. The van der Waals surface area contributed by atoms with Gasteiger partial charge < -0.3 is 9.40 Å². The van der Waals surface area contributed by atoms with Gasteiger partial charge in [0.05, 0.1) is 5.52 Å².